The molecule has 1 fully saturated rings. The molecule has 2 aliphatic heterocycles. The number of hydrogen-bond acceptors (Lipinski definition) is 5. The first-order valence-electron chi connectivity index (χ1n) is 9.38. The van der Waals surface area contributed by atoms with Crippen LogP contribution in [0.2, 0.25) is 0 Å². The van der Waals surface area contributed by atoms with Crippen LogP contribution in [0, 0.1) is 0 Å². The number of fused-ring (bicyclic) bond motifs is 1. The summed E-state index contributed by atoms with van der Waals surface area (Å²) in [5.41, 5.74) is 1.98. The Morgan fingerprint density at radius 1 is 1.26 bits per heavy atom. The van der Waals surface area contributed by atoms with Gasteiger partial charge in [-0.15, -0.1) is 0 Å². The fraction of sp³-hybridized carbons (Fsp3) is 0.429. The molecule has 1 amide bonds. The minimum atomic E-state index is -1.32. The first-order valence-corrected chi connectivity index (χ1v) is 9.38. The van der Waals surface area contributed by atoms with E-state index in [1.807, 2.05) is 24.3 Å². The molecule has 1 N–H and O–H groups in total. The molecule has 3 heterocycles. The molecule has 27 heavy (non-hydrogen) atoms. The summed E-state index contributed by atoms with van der Waals surface area (Å²) in [5.74, 6) is 0.378. The second-order valence-electron chi connectivity index (χ2n) is 7.41. The Kier molecular flexibility index (Phi) is 4.85. The van der Waals surface area contributed by atoms with Crippen molar-refractivity contribution in [1.82, 2.24) is 14.8 Å². The molecule has 142 valence electrons. The zero-order chi connectivity index (χ0) is 18.9. The van der Waals surface area contributed by atoms with Crippen molar-refractivity contribution in [2.45, 2.75) is 31.5 Å². The SMILES string of the molecule is COc1nccc2c1CN(C(=O)C1(O)CCN(Cc3ccccc3)C1)CC2. The molecule has 1 aromatic heterocycles. The van der Waals surface area contributed by atoms with E-state index >= 15 is 0 Å². The topological polar surface area (TPSA) is 65.9 Å². The number of aliphatic hydroxyl groups is 1. The van der Waals surface area contributed by atoms with E-state index in [-0.39, 0.29) is 5.91 Å². The summed E-state index contributed by atoms with van der Waals surface area (Å²) in [6.07, 6.45) is 2.96. The molecule has 6 nitrogen and oxygen atoms in total. The maximum absolute atomic E-state index is 13.1. The van der Waals surface area contributed by atoms with Gasteiger partial charge in [-0.25, -0.2) is 4.98 Å². The van der Waals surface area contributed by atoms with Crippen molar-refractivity contribution >= 4 is 5.91 Å². The lowest BCUT2D eigenvalue weighted by molar-refractivity contribution is -0.151. The van der Waals surface area contributed by atoms with E-state index in [4.69, 9.17) is 4.74 Å². The normalized spacial score (nSPS) is 22.5. The second kappa shape index (κ2) is 7.29. The first-order chi connectivity index (χ1) is 13.1. The van der Waals surface area contributed by atoms with Crippen LogP contribution >= 0.6 is 0 Å². The molecule has 2 aliphatic rings. The molecule has 1 aromatic carbocycles. The van der Waals surface area contributed by atoms with Crippen molar-refractivity contribution < 1.29 is 14.6 Å². The predicted molar refractivity (Wildman–Crippen MR) is 101 cm³/mol. The molecule has 2 aromatic rings. The first kappa shape index (κ1) is 17.9. The van der Waals surface area contributed by atoms with Crippen LogP contribution in [0.15, 0.2) is 42.6 Å². The van der Waals surface area contributed by atoms with Crippen molar-refractivity contribution in [2.24, 2.45) is 0 Å². The summed E-state index contributed by atoms with van der Waals surface area (Å²) in [6.45, 7) is 2.88. The van der Waals surface area contributed by atoms with Crippen LogP contribution in [0.3, 0.4) is 0 Å². The predicted octanol–water partition coefficient (Wildman–Crippen LogP) is 1.61. The van der Waals surface area contributed by atoms with Crippen molar-refractivity contribution in [3.8, 4) is 5.88 Å². The molecular weight excluding hydrogens is 342 g/mol. The van der Waals surface area contributed by atoms with Crippen molar-refractivity contribution in [1.29, 1.82) is 0 Å². The monoisotopic (exact) mass is 367 g/mol. The smallest absolute Gasteiger partial charge is 0.256 e. The van der Waals surface area contributed by atoms with E-state index in [9.17, 15) is 9.90 Å². The summed E-state index contributed by atoms with van der Waals surface area (Å²) in [7, 11) is 1.59. The highest BCUT2D eigenvalue weighted by Gasteiger charge is 2.45. The molecule has 4 rings (SSSR count). The van der Waals surface area contributed by atoms with Gasteiger partial charge in [0.25, 0.3) is 5.91 Å². The zero-order valence-electron chi connectivity index (χ0n) is 15.6. The van der Waals surface area contributed by atoms with Crippen molar-refractivity contribution in [3.05, 3.63) is 59.3 Å². The van der Waals surface area contributed by atoms with Gasteiger partial charge in [0.15, 0.2) is 5.60 Å². The number of rotatable bonds is 4. The minimum absolute atomic E-state index is 0.186. The van der Waals surface area contributed by atoms with Gasteiger partial charge in [0.05, 0.1) is 13.7 Å². The standard InChI is InChI=1S/C21H25N3O3/c1-27-19-18-14-24(11-8-17(18)7-10-22-19)20(25)21(26)9-12-23(15-21)13-16-5-3-2-4-6-16/h2-7,10,26H,8-9,11-15H2,1H3. The third-order valence-corrected chi connectivity index (χ3v) is 5.57. The molecule has 0 aliphatic carbocycles. The third kappa shape index (κ3) is 3.55. The summed E-state index contributed by atoms with van der Waals surface area (Å²) in [5, 5.41) is 11.1. The lowest BCUT2D eigenvalue weighted by Crippen LogP contribution is -2.52. The van der Waals surface area contributed by atoms with Gasteiger partial charge in [0.1, 0.15) is 0 Å². The Labute approximate surface area is 159 Å². The van der Waals surface area contributed by atoms with Crippen LogP contribution in [-0.2, 0) is 24.3 Å². The number of benzene rings is 1. The number of pyridine rings is 1. The second-order valence-corrected chi connectivity index (χ2v) is 7.41. The third-order valence-electron chi connectivity index (χ3n) is 5.57. The molecular formula is C21H25N3O3. The lowest BCUT2D eigenvalue weighted by atomic mass is 9.97. The number of β-amino-alcohol motifs (C(OH)–C–C–N with tert-alkyl or cyclic N) is 1. The van der Waals surface area contributed by atoms with E-state index in [0.29, 0.717) is 38.5 Å². The number of nitrogens with zero attached hydrogens (tertiary/aromatic N) is 3. The van der Waals surface area contributed by atoms with Crippen molar-refractivity contribution in [2.75, 3.05) is 26.7 Å². The van der Waals surface area contributed by atoms with E-state index in [1.54, 1.807) is 18.2 Å². The fourth-order valence-corrected chi connectivity index (χ4v) is 4.11. The van der Waals surface area contributed by atoms with Gasteiger partial charge in [-0.2, -0.15) is 0 Å². The molecule has 0 bridgehead atoms. The number of likely N-dealkylation sites (tertiary alicyclic amines) is 1. The molecule has 1 atom stereocenters. The largest absolute Gasteiger partial charge is 0.481 e. The summed E-state index contributed by atoms with van der Waals surface area (Å²) in [4.78, 5) is 21.3. The number of hydrogen-bond donors (Lipinski definition) is 1. The zero-order valence-corrected chi connectivity index (χ0v) is 15.6. The Morgan fingerprint density at radius 2 is 2.07 bits per heavy atom. The number of carbonyl (C=O) groups is 1. The maximum Gasteiger partial charge on any atom is 0.256 e. The lowest BCUT2D eigenvalue weighted by Gasteiger charge is -2.34. The number of methoxy groups -OCH3 is 1. The highest BCUT2D eigenvalue weighted by Crippen LogP contribution is 2.30. The Bertz CT molecular complexity index is 812. The minimum Gasteiger partial charge on any atom is -0.481 e. The summed E-state index contributed by atoms with van der Waals surface area (Å²) >= 11 is 0. The highest BCUT2D eigenvalue weighted by atomic mass is 16.5. The van der Waals surface area contributed by atoms with Gasteiger partial charge in [-0.05, 0) is 30.0 Å². The fourth-order valence-electron chi connectivity index (χ4n) is 4.11. The Balaban J connectivity index is 1.45. The van der Waals surface area contributed by atoms with Crippen LogP contribution < -0.4 is 4.74 Å². The summed E-state index contributed by atoms with van der Waals surface area (Å²) in [6, 6.07) is 12.1. The number of carbonyl (C=O) groups excluding carboxylic acids is 1. The number of ether oxygens (including phenoxy) is 1. The van der Waals surface area contributed by atoms with E-state index in [1.165, 1.54) is 5.56 Å². The van der Waals surface area contributed by atoms with Crippen LogP contribution in [0.5, 0.6) is 5.88 Å². The molecule has 1 unspecified atom stereocenters. The Hall–Kier alpha value is -2.44. The van der Waals surface area contributed by atoms with E-state index in [0.717, 1.165) is 24.1 Å². The van der Waals surface area contributed by atoms with E-state index in [2.05, 4.69) is 22.0 Å². The number of aromatic nitrogens is 1. The molecule has 0 radical (unpaired) electrons. The molecule has 6 heteroatoms. The average Bonchev–Trinajstić information content (AvgIpc) is 3.09. The van der Waals surface area contributed by atoms with Crippen LogP contribution in [-0.4, -0.2) is 58.1 Å². The molecule has 0 saturated carbocycles. The molecule has 1 saturated heterocycles. The average molecular weight is 367 g/mol. The van der Waals surface area contributed by atoms with Gasteiger partial charge in [0, 0.05) is 37.9 Å². The van der Waals surface area contributed by atoms with Crippen molar-refractivity contribution in [3.63, 3.8) is 0 Å². The van der Waals surface area contributed by atoms with Gasteiger partial charge in [-0.3, -0.25) is 9.69 Å². The highest BCUT2D eigenvalue weighted by molar-refractivity contribution is 5.86. The van der Waals surface area contributed by atoms with E-state index < -0.39 is 5.60 Å². The van der Waals surface area contributed by atoms with Gasteiger partial charge >= 0.3 is 0 Å². The van der Waals surface area contributed by atoms with Gasteiger partial charge in [-0.1, -0.05) is 30.3 Å². The quantitative estimate of drug-likeness (QED) is 0.889. The molecule has 0 spiro atoms. The van der Waals surface area contributed by atoms with Crippen LogP contribution in [0.4, 0.5) is 0 Å². The summed E-state index contributed by atoms with van der Waals surface area (Å²) < 4.78 is 5.35. The maximum atomic E-state index is 13.1. The van der Waals surface area contributed by atoms with Crippen LogP contribution in [0.1, 0.15) is 23.1 Å². The van der Waals surface area contributed by atoms with Gasteiger partial charge < -0.3 is 14.7 Å². The Morgan fingerprint density at radius 3 is 2.85 bits per heavy atom. The van der Waals surface area contributed by atoms with Crippen LogP contribution in [0.25, 0.3) is 0 Å². The van der Waals surface area contributed by atoms with Gasteiger partial charge in [0.2, 0.25) is 5.88 Å². The number of amides is 1.